The summed E-state index contributed by atoms with van der Waals surface area (Å²) in [5.74, 6) is 0. The maximum absolute atomic E-state index is 12.7. The van der Waals surface area contributed by atoms with Crippen molar-refractivity contribution in [3.05, 3.63) is 35.4 Å². The summed E-state index contributed by atoms with van der Waals surface area (Å²) in [5.41, 5.74) is 3.09. The second kappa shape index (κ2) is 10.4. The van der Waals surface area contributed by atoms with Gasteiger partial charge in [-0.15, -0.1) is 0 Å². The first-order valence-electron chi connectivity index (χ1n) is 10.0. The Hall–Kier alpha value is -1.71. The second-order valence-corrected chi connectivity index (χ2v) is 7.87. The standard InChI is InChI=1S/C20H27F3N4OS/c21-20(22,23)16-8-6-15(7-9-16)14-27-10-2-1-4-17(27)12-25-26-19(29)24-13-18-5-3-11-28-18/h6-9,12,17-18H,1-5,10-11,13-14H2,(H2,24,26,29)/b25-12+. The molecule has 29 heavy (non-hydrogen) atoms. The van der Waals surface area contributed by atoms with Crippen molar-refractivity contribution in [2.24, 2.45) is 5.10 Å². The largest absolute Gasteiger partial charge is 0.416 e. The van der Waals surface area contributed by atoms with E-state index in [1.54, 1.807) is 12.1 Å². The molecule has 9 heteroatoms. The summed E-state index contributed by atoms with van der Waals surface area (Å²) >= 11 is 5.24. The molecule has 160 valence electrons. The number of hydrogen-bond donors (Lipinski definition) is 2. The van der Waals surface area contributed by atoms with Gasteiger partial charge < -0.3 is 10.1 Å². The molecule has 2 heterocycles. The van der Waals surface area contributed by atoms with Crippen molar-refractivity contribution in [1.29, 1.82) is 0 Å². The van der Waals surface area contributed by atoms with E-state index < -0.39 is 11.7 Å². The molecule has 1 aromatic carbocycles. The van der Waals surface area contributed by atoms with Crippen molar-refractivity contribution in [1.82, 2.24) is 15.6 Å². The average Bonchev–Trinajstić information content (AvgIpc) is 3.21. The molecule has 2 atom stereocenters. The van der Waals surface area contributed by atoms with E-state index in [1.807, 2.05) is 6.21 Å². The summed E-state index contributed by atoms with van der Waals surface area (Å²) in [5, 5.41) is 7.84. The Kier molecular flexibility index (Phi) is 7.85. The number of nitrogens with zero attached hydrogens (tertiary/aromatic N) is 2. The van der Waals surface area contributed by atoms with E-state index in [4.69, 9.17) is 17.0 Å². The molecule has 1 aromatic rings. The van der Waals surface area contributed by atoms with Crippen molar-refractivity contribution in [3.8, 4) is 0 Å². The van der Waals surface area contributed by atoms with Crippen LogP contribution in [0.25, 0.3) is 0 Å². The predicted molar refractivity (Wildman–Crippen MR) is 111 cm³/mol. The van der Waals surface area contributed by atoms with E-state index in [0.29, 0.717) is 18.2 Å². The smallest absolute Gasteiger partial charge is 0.376 e. The summed E-state index contributed by atoms with van der Waals surface area (Å²) < 4.78 is 43.7. The van der Waals surface area contributed by atoms with Crippen molar-refractivity contribution >= 4 is 23.5 Å². The summed E-state index contributed by atoms with van der Waals surface area (Å²) in [6, 6.07) is 5.51. The highest BCUT2D eigenvalue weighted by atomic mass is 32.1. The molecular formula is C20H27F3N4OS. The zero-order valence-corrected chi connectivity index (χ0v) is 17.1. The molecule has 0 aliphatic carbocycles. The van der Waals surface area contributed by atoms with Crippen LogP contribution in [0, 0.1) is 0 Å². The minimum atomic E-state index is -4.30. The first kappa shape index (κ1) is 22.0. The fourth-order valence-corrected chi connectivity index (χ4v) is 3.78. The van der Waals surface area contributed by atoms with Crippen LogP contribution in [0.2, 0.25) is 0 Å². The minimum Gasteiger partial charge on any atom is -0.376 e. The zero-order chi connectivity index (χ0) is 20.7. The maximum atomic E-state index is 12.7. The molecule has 2 fully saturated rings. The molecule has 0 radical (unpaired) electrons. The lowest BCUT2D eigenvalue weighted by atomic mass is 10.0. The Morgan fingerprint density at radius 2 is 2.00 bits per heavy atom. The number of ether oxygens (including phenoxy) is 1. The fraction of sp³-hybridized carbons (Fsp3) is 0.600. The van der Waals surface area contributed by atoms with Crippen molar-refractivity contribution in [3.63, 3.8) is 0 Å². The number of thiocarbonyl (C=S) groups is 1. The van der Waals surface area contributed by atoms with Crippen molar-refractivity contribution < 1.29 is 17.9 Å². The van der Waals surface area contributed by atoms with Gasteiger partial charge in [0.1, 0.15) is 0 Å². The number of alkyl halides is 3. The SMILES string of the molecule is FC(F)(F)c1ccc(CN2CCCCC2/C=N/NC(=S)NCC2CCCO2)cc1. The molecule has 2 saturated heterocycles. The normalized spacial score (nSPS) is 23.4. The van der Waals surface area contributed by atoms with Gasteiger partial charge in [-0.3, -0.25) is 10.3 Å². The third kappa shape index (κ3) is 6.94. The quantitative estimate of drug-likeness (QED) is 0.411. The van der Waals surface area contributed by atoms with E-state index >= 15 is 0 Å². The molecule has 2 unspecified atom stereocenters. The molecule has 0 saturated carbocycles. The lowest BCUT2D eigenvalue weighted by Gasteiger charge is -2.33. The van der Waals surface area contributed by atoms with E-state index in [0.717, 1.165) is 63.0 Å². The van der Waals surface area contributed by atoms with Gasteiger partial charge in [0.05, 0.1) is 11.7 Å². The fourth-order valence-electron chi connectivity index (χ4n) is 3.65. The summed E-state index contributed by atoms with van der Waals surface area (Å²) in [4.78, 5) is 2.24. The van der Waals surface area contributed by atoms with Gasteiger partial charge in [0.15, 0.2) is 5.11 Å². The monoisotopic (exact) mass is 428 g/mol. The van der Waals surface area contributed by atoms with Gasteiger partial charge in [0, 0.05) is 32.0 Å². The van der Waals surface area contributed by atoms with Crippen LogP contribution in [-0.4, -0.2) is 48.1 Å². The first-order chi connectivity index (χ1) is 13.9. The van der Waals surface area contributed by atoms with Crippen LogP contribution in [-0.2, 0) is 17.5 Å². The van der Waals surface area contributed by atoms with E-state index in [9.17, 15) is 13.2 Å². The van der Waals surface area contributed by atoms with Crippen LogP contribution in [0.4, 0.5) is 13.2 Å². The van der Waals surface area contributed by atoms with Gasteiger partial charge in [-0.2, -0.15) is 18.3 Å². The molecule has 0 amide bonds. The molecule has 2 aliphatic heterocycles. The molecule has 0 bridgehead atoms. The van der Waals surface area contributed by atoms with Gasteiger partial charge in [0.25, 0.3) is 0 Å². The van der Waals surface area contributed by atoms with E-state index in [1.165, 1.54) is 0 Å². The van der Waals surface area contributed by atoms with Crippen LogP contribution in [0.5, 0.6) is 0 Å². The number of hydrazone groups is 1. The average molecular weight is 429 g/mol. The van der Waals surface area contributed by atoms with Crippen LogP contribution >= 0.6 is 12.2 Å². The Bertz CT molecular complexity index is 690. The molecule has 0 spiro atoms. The Labute approximate surface area is 174 Å². The van der Waals surface area contributed by atoms with Gasteiger partial charge in [0.2, 0.25) is 0 Å². The van der Waals surface area contributed by atoms with Crippen LogP contribution in [0.1, 0.15) is 43.2 Å². The van der Waals surface area contributed by atoms with E-state index in [-0.39, 0.29) is 12.1 Å². The lowest BCUT2D eigenvalue weighted by Crippen LogP contribution is -2.41. The summed E-state index contributed by atoms with van der Waals surface area (Å²) in [7, 11) is 0. The summed E-state index contributed by atoms with van der Waals surface area (Å²) in [6.45, 7) is 2.96. The number of rotatable bonds is 6. The third-order valence-electron chi connectivity index (χ3n) is 5.26. The number of piperidine rings is 1. The van der Waals surface area contributed by atoms with Crippen molar-refractivity contribution in [2.75, 3.05) is 19.7 Å². The number of benzene rings is 1. The first-order valence-corrected chi connectivity index (χ1v) is 10.4. The predicted octanol–water partition coefficient (Wildman–Crippen LogP) is 3.69. The number of likely N-dealkylation sites (tertiary alicyclic amines) is 1. The molecule has 2 aliphatic rings. The highest BCUT2D eigenvalue weighted by molar-refractivity contribution is 7.80. The van der Waals surface area contributed by atoms with Crippen molar-refractivity contribution in [2.45, 2.75) is 57.0 Å². The Balaban J connectivity index is 1.48. The highest BCUT2D eigenvalue weighted by Crippen LogP contribution is 2.29. The number of hydrogen-bond acceptors (Lipinski definition) is 4. The Morgan fingerprint density at radius 1 is 1.21 bits per heavy atom. The molecule has 0 aromatic heterocycles. The Morgan fingerprint density at radius 3 is 2.69 bits per heavy atom. The number of nitrogens with one attached hydrogen (secondary N) is 2. The van der Waals surface area contributed by atoms with Crippen LogP contribution in [0.15, 0.2) is 29.4 Å². The third-order valence-corrected chi connectivity index (χ3v) is 5.49. The van der Waals surface area contributed by atoms with Gasteiger partial charge in [-0.05, 0) is 62.1 Å². The zero-order valence-electron chi connectivity index (χ0n) is 16.3. The van der Waals surface area contributed by atoms with E-state index in [2.05, 4.69) is 20.7 Å². The van der Waals surface area contributed by atoms with Gasteiger partial charge in [-0.1, -0.05) is 18.6 Å². The lowest BCUT2D eigenvalue weighted by molar-refractivity contribution is -0.137. The second-order valence-electron chi connectivity index (χ2n) is 7.46. The number of halogens is 3. The maximum Gasteiger partial charge on any atom is 0.416 e. The topological polar surface area (TPSA) is 48.9 Å². The van der Waals surface area contributed by atoms with Crippen LogP contribution < -0.4 is 10.7 Å². The highest BCUT2D eigenvalue weighted by Gasteiger charge is 2.30. The summed E-state index contributed by atoms with van der Waals surface area (Å²) in [6.07, 6.45) is 2.99. The molecular weight excluding hydrogens is 401 g/mol. The van der Waals surface area contributed by atoms with Gasteiger partial charge in [-0.25, -0.2) is 0 Å². The minimum absolute atomic E-state index is 0.125. The molecule has 5 nitrogen and oxygen atoms in total. The van der Waals surface area contributed by atoms with Gasteiger partial charge >= 0.3 is 6.18 Å². The van der Waals surface area contributed by atoms with Crippen LogP contribution in [0.3, 0.4) is 0 Å². The molecule has 3 rings (SSSR count). The molecule has 2 N–H and O–H groups in total.